The lowest BCUT2D eigenvalue weighted by molar-refractivity contribution is 0.102. The summed E-state index contributed by atoms with van der Waals surface area (Å²) in [6.45, 7) is 2.01. The summed E-state index contributed by atoms with van der Waals surface area (Å²) in [6.07, 6.45) is 1.84. The highest BCUT2D eigenvalue weighted by atomic mass is 19.1. The van der Waals surface area contributed by atoms with Crippen LogP contribution in [0.3, 0.4) is 0 Å². The molecule has 0 bridgehead atoms. The lowest BCUT2D eigenvalue weighted by Crippen LogP contribution is -2.14. The Bertz CT molecular complexity index is 596. The predicted octanol–water partition coefficient (Wildman–Crippen LogP) is 2.62. The van der Waals surface area contributed by atoms with E-state index in [1.807, 2.05) is 13.0 Å². The minimum atomic E-state index is -0.479. The van der Waals surface area contributed by atoms with Crippen LogP contribution >= 0.6 is 0 Å². The van der Waals surface area contributed by atoms with Crippen LogP contribution in [0.4, 0.5) is 15.8 Å². The fraction of sp³-hybridized carbons (Fsp3) is 0.143. The normalized spacial score (nSPS) is 10.2. The van der Waals surface area contributed by atoms with Crippen LogP contribution in [0.15, 0.2) is 36.5 Å². The van der Waals surface area contributed by atoms with E-state index >= 15 is 0 Å². The zero-order valence-electron chi connectivity index (χ0n) is 10.5. The molecule has 1 aromatic heterocycles. The van der Waals surface area contributed by atoms with Gasteiger partial charge in [0.2, 0.25) is 0 Å². The summed E-state index contributed by atoms with van der Waals surface area (Å²) in [4.78, 5) is 15.6. The molecule has 0 spiro atoms. The number of hydrogen-bond acceptors (Lipinski definition) is 3. The molecule has 5 heteroatoms. The Morgan fingerprint density at radius 1 is 1.37 bits per heavy atom. The molecule has 0 radical (unpaired) electrons. The van der Waals surface area contributed by atoms with Crippen LogP contribution in [0.5, 0.6) is 0 Å². The van der Waals surface area contributed by atoms with Gasteiger partial charge in [-0.05, 0) is 36.2 Å². The summed E-state index contributed by atoms with van der Waals surface area (Å²) in [6, 6.07) is 7.85. The molecular formula is C14H14FN3O. The first-order chi connectivity index (χ1) is 9.10. The minimum Gasteiger partial charge on any atom is -0.398 e. The first kappa shape index (κ1) is 13.0. The van der Waals surface area contributed by atoms with Crippen molar-refractivity contribution in [3.63, 3.8) is 0 Å². The molecule has 0 atom stereocenters. The second-order valence-corrected chi connectivity index (χ2v) is 4.08. The average Bonchev–Trinajstić information content (AvgIpc) is 2.39. The highest BCUT2D eigenvalue weighted by molar-refractivity contribution is 6.03. The number of benzene rings is 1. The number of aryl methyl sites for hydroxylation is 1. The van der Waals surface area contributed by atoms with Crippen molar-refractivity contribution in [1.82, 2.24) is 4.98 Å². The standard InChI is InChI=1S/C14H14FN3O/c1-2-9-3-5-11(7-12(9)16)18-14(19)13-6-4-10(15)8-17-13/h3-8H,2,16H2,1H3,(H,18,19). The average molecular weight is 259 g/mol. The number of carbonyl (C=O) groups excluding carboxylic acids is 1. The van der Waals surface area contributed by atoms with Crippen molar-refractivity contribution in [2.45, 2.75) is 13.3 Å². The van der Waals surface area contributed by atoms with Gasteiger partial charge < -0.3 is 11.1 Å². The van der Waals surface area contributed by atoms with Crippen molar-refractivity contribution in [2.24, 2.45) is 0 Å². The molecule has 0 unspecified atom stereocenters. The summed E-state index contributed by atoms with van der Waals surface area (Å²) in [5.74, 6) is -0.878. The third-order valence-corrected chi connectivity index (χ3v) is 2.74. The van der Waals surface area contributed by atoms with Crippen LogP contribution < -0.4 is 11.1 Å². The lowest BCUT2D eigenvalue weighted by atomic mass is 10.1. The van der Waals surface area contributed by atoms with Gasteiger partial charge in [0.15, 0.2) is 0 Å². The molecule has 4 nitrogen and oxygen atoms in total. The van der Waals surface area contributed by atoms with Crippen LogP contribution in [-0.4, -0.2) is 10.9 Å². The van der Waals surface area contributed by atoms with E-state index in [4.69, 9.17) is 5.73 Å². The molecule has 1 aromatic carbocycles. The van der Waals surface area contributed by atoms with Crippen molar-refractivity contribution in [1.29, 1.82) is 0 Å². The van der Waals surface area contributed by atoms with Crippen LogP contribution in [0.1, 0.15) is 23.0 Å². The Morgan fingerprint density at radius 2 is 2.16 bits per heavy atom. The van der Waals surface area contributed by atoms with E-state index in [0.717, 1.165) is 18.2 Å². The smallest absolute Gasteiger partial charge is 0.274 e. The van der Waals surface area contributed by atoms with Gasteiger partial charge in [-0.15, -0.1) is 0 Å². The Balaban J connectivity index is 2.14. The molecule has 0 fully saturated rings. The second-order valence-electron chi connectivity index (χ2n) is 4.08. The Morgan fingerprint density at radius 3 is 2.74 bits per heavy atom. The van der Waals surface area contributed by atoms with Crippen LogP contribution in [0.2, 0.25) is 0 Å². The number of carbonyl (C=O) groups is 1. The van der Waals surface area contributed by atoms with Gasteiger partial charge in [0, 0.05) is 11.4 Å². The molecule has 1 heterocycles. The Labute approximate surface area is 110 Å². The van der Waals surface area contributed by atoms with E-state index in [2.05, 4.69) is 10.3 Å². The maximum absolute atomic E-state index is 12.7. The van der Waals surface area contributed by atoms with Gasteiger partial charge in [0.25, 0.3) is 5.91 Å². The van der Waals surface area contributed by atoms with Crippen molar-refractivity contribution < 1.29 is 9.18 Å². The van der Waals surface area contributed by atoms with E-state index in [1.54, 1.807) is 12.1 Å². The Hall–Kier alpha value is -2.43. The van der Waals surface area contributed by atoms with Gasteiger partial charge in [-0.1, -0.05) is 13.0 Å². The van der Waals surface area contributed by atoms with Crippen LogP contribution in [0, 0.1) is 5.82 Å². The number of nitrogens with one attached hydrogen (secondary N) is 1. The summed E-state index contributed by atoms with van der Waals surface area (Å²) >= 11 is 0. The summed E-state index contributed by atoms with van der Waals surface area (Å²) < 4.78 is 12.7. The van der Waals surface area contributed by atoms with Gasteiger partial charge in [-0.25, -0.2) is 9.37 Å². The highest BCUT2D eigenvalue weighted by Crippen LogP contribution is 2.18. The maximum Gasteiger partial charge on any atom is 0.274 e. The summed E-state index contributed by atoms with van der Waals surface area (Å²) in [5.41, 5.74) is 8.25. The SMILES string of the molecule is CCc1ccc(NC(=O)c2ccc(F)cn2)cc1N. The number of nitrogen functional groups attached to an aromatic ring is 1. The minimum absolute atomic E-state index is 0.152. The van der Waals surface area contributed by atoms with Crippen molar-refractivity contribution in [3.8, 4) is 0 Å². The number of halogens is 1. The number of rotatable bonds is 3. The zero-order chi connectivity index (χ0) is 13.8. The number of pyridine rings is 1. The summed E-state index contributed by atoms with van der Waals surface area (Å²) in [7, 11) is 0. The van der Waals surface area contributed by atoms with Gasteiger partial charge in [-0.3, -0.25) is 4.79 Å². The number of anilines is 2. The topological polar surface area (TPSA) is 68.0 Å². The number of aromatic nitrogens is 1. The van der Waals surface area contributed by atoms with E-state index in [9.17, 15) is 9.18 Å². The van der Waals surface area contributed by atoms with E-state index in [1.165, 1.54) is 12.1 Å². The van der Waals surface area contributed by atoms with Gasteiger partial charge in [0.05, 0.1) is 6.20 Å². The number of hydrogen-bond donors (Lipinski definition) is 2. The quantitative estimate of drug-likeness (QED) is 0.832. The lowest BCUT2D eigenvalue weighted by Gasteiger charge is -2.08. The molecule has 19 heavy (non-hydrogen) atoms. The molecule has 0 aliphatic carbocycles. The second kappa shape index (κ2) is 5.48. The Kier molecular flexibility index (Phi) is 3.75. The van der Waals surface area contributed by atoms with E-state index in [-0.39, 0.29) is 5.69 Å². The van der Waals surface area contributed by atoms with E-state index in [0.29, 0.717) is 11.4 Å². The third-order valence-electron chi connectivity index (χ3n) is 2.74. The molecule has 0 saturated heterocycles. The molecule has 0 aliphatic heterocycles. The van der Waals surface area contributed by atoms with Crippen LogP contribution in [0.25, 0.3) is 0 Å². The number of nitrogens with zero attached hydrogens (tertiary/aromatic N) is 1. The predicted molar refractivity (Wildman–Crippen MR) is 72.4 cm³/mol. The largest absolute Gasteiger partial charge is 0.398 e. The van der Waals surface area contributed by atoms with Crippen molar-refractivity contribution >= 4 is 17.3 Å². The molecule has 0 aliphatic rings. The molecule has 1 amide bonds. The first-order valence-corrected chi connectivity index (χ1v) is 5.91. The molecule has 2 rings (SSSR count). The number of nitrogens with two attached hydrogens (primary N) is 1. The van der Waals surface area contributed by atoms with Gasteiger partial charge >= 0.3 is 0 Å². The summed E-state index contributed by atoms with van der Waals surface area (Å²) in [5, 5.41) is 2.67. The first-order valence-electron chi connectivity index (χ1n) is 5.91. The highest BCUT2D eigenvalue weighted by Gasteiger charge is 2.08. The van der Waals surface area contributed by atoms with E-state index < -0.39 is 11.7 Å². The number of amides is 1. The van der Waals surface area contributed by atoms with Crippen LogP contribution in [-0.2, 0) is 6.42 Å². The molecule has 2 aromatic rings. The van der Waals surface area contributed by atoms with Crippen molar-refractivity contribution in [2.75, 3.05) is 11.1 Å². The van der Waals surface area contributed by atoms with Gasteiger partial charge in [-0.2, -0.15) is 0 Å². The molecule has 98 valence electrons. The third kappa shape index (κ3) is 3.07. The monoisotopic (exact) mass is 259 g/mol. The fourth-order valence-corrected chi connectivity index (χ4v) is 1.70. The van der Waals surface area contributed by atoms with Gasteiger partial charge in [0.1, 0.15) is 11.5 Å². The zero-order valence-corrected chi connectivity index (χ0v) is 10.5. The molecular weight excluding hydrogens is 245 g/mol. The molecule has 0 saturated carbocycles. The maximum atomic E-state index is 12.7. The fourth-order valence-electron chi connectivity index (χ4n) is 1.70. The molecule has 3 N–H and O–H groups in total. The van der Waals surface area contributed by atoms with Crippen molar-refractivity contribution in [3.05, 3.63) is 53.6 Å².